The maximum Gasteiger partial charge on any atom is 0.191 e. The number of nitrogens with zero attached hydrogens (tertiary/aromatic N) is 1. The van der Waals surface area contributed by atoms with Gasteiger partial charge in [-0.3, -0.25) is 4.99 Å². The quantitative estimate of drug-likeness (QED) is 0.243. The Bertz CT molecular complexity index is 623. The Morgan fingerprint density at radius 3 is 2.79 bits per heavy atom. The van der Waals surface area contributed by atoms with Crippen LogP contribution in [0.4, 0.5) is 0 Å². The molecule has 1 aliphatic heterocycles. The monoisotopic (exact) mass is 501 g/mol. The number of guanidine groups is 1. The van der Waals surface area contributed by atoms with Crippen molar-refractivity contribution < 1.29 is 9.47 Å². The summed E-state index contributed by atoms with van der Waals surface area (Å²) >= 11 is 0. The summed E-state index contributed by atoms with van der Waals surface area (Å²) in [7, 11) is 0. The van der Waals surface area contributed by atoms with E-state index in [1.807, 2.05) is 6.07 Å². The van der Waals surface area contributed by atoms with Crippen LogP contribution in [0.5, 0.6) is 0 Å². The van der Waals surface area contributed by atoms with Gasteiger partial charge in [0, 0.05) is 43.7 Å². The Morgan fingerprint density at radius 2 is 2.07 bits per heavy atom. The summed E-state index contributed by atoms with van der Waals surface area (Å²) in [5.41, 5.74) is 1.38. The molecule has 3 rings (SSSR count). The van der Waals surface area contributed by atoms with Gasteiger partial charge in [-0.15, -0.1) is 24.0 Å². The molecule has 1 heterocycles. The third-order valence-corrected chi connectivity index (χ3v) is 5.95. The van der Waals surface area contributed by atoms with E-state index < -0.39 is 0 Å². The standard InChI is InChI=1S/C22H35N3O2.HI/c1-5-23-21(25-19-18-12-15-27-20(18)22(19,3)4)24-13-9-14-26-16(2)17-10-7-6-8-11-17;/h6-8,10-11,16,18-20H,5,9,12-15H2,1-4H3,(H2,23,24,25);1H. The second kappa shape index (κ2) is 10.8. The van der Waals surface area contributed by atoms with Gasteiger partial charge in [0.15, 0.2) is 5.96 Å². The van der Waals surface area contributed by atoms with Crippen molar-refractivity contribution in [3.05, 3.63) is 35.9 Å². The van der Waals surface area contributed by atoms with Gasteiger partial charge in [-0.2, -0.15) is 0 Å². The first-order valence-corrected chi connectivity index (χ1v) is 10.4. The molecule has 6 heteroatoms. The van der Waals surface area contributed by atoms with Crippen LogP contribution in [0.1, 0.15) is 52.2 Å². The minimum absolute atomic E-state index is 0. The van der Waals surface area contributed by atoms with E-state index in [1.54, 1.807) is 0 Å². The van der Waals surface area contributed by atoms with E-state index in [-0.39, 0.29) is 35.5 Å². The molecule has 0 radical (unpaired) electrons. The van der Waals surface area contributed by atoms with Crippen LogP contribution < -0.4 is 10.6 Å². The number of hydrogen-bond acceptors (Lipinski definition) is 3. The third-order valence-electron chi connectivity index (χ3n) is 5.95. The molecule has 1 saturated carbocycles. The molecule has 1 aromatic carbocycles. The molecule has 2 N–H and O–H groups in total. The van der Waals surface area contributed by atoms with Crippen LogP contribution in [0.25, 0.3) is 0 Å². The summed E-state index contributed by atoms with van der Waals surface area (Å²) in [6.45, 7) is 12.0. The molecule has 2 aliphatic rings. The van der Waals surface area contributed by atoms with Gasteiger partial charge in [0.2, 0.25) is 0 Å². The lowest BCUT2D eigenvalue weighted by Crippen LogP contribution is -2.67. The normalized spacial score (nSPS) is 26.6. The highest BCUT2D eigenvalue weighted by Gasteiger charge is 2.59. The van der Waals surface area contributed by atoms with Gasteiger partial charge in [0.25, 0.3) is 0 Å². The molecule has 0 spiro atoms. The molecule has 4 unspecified atom stereocenters. The lowest BCUT2D eigenvalue weighted by atomic mass is 9.57. The van der Waals surface area contributed by atoms with Crippen LogP contribution in [0.3, 0.4) is 0 Å². The molecule has 0 bridgehead atoms. The van der Waals surface area contributed by atoms with Gasteiger partial charge < -0.3 is 20.1 Å². The number of hydrogen-bond donors (Lipinski definition) is 2. The van der Waals surface area contributed by atoms with E-state index in [1.165, 1.54) is 5.56 Å². The maximum atomic E-state index is 5.95. The number of nitrogens with one attached hydrogen (secondary N) is 2. The van der Waals surface area contributed by atoms with Gasteiger partial charge in [-0.25, -0.2) is 0 Å². The highest BCUT2D eigenvalue weighted by atomic mass is 127. The van der Waals surface area contributed by atoms with E-state index in [0.717, 1.165) is 38.5 Å². The van der Waals surface area contributed by atoms with Crippen LogP contribution in [0.2, 0.25) is 0 Å². The van der Waals surface area contributed by atoms with E-state index in [0.29, 0.717) is 24.7 Å². The van der Waals surface area contributed by atoms with Gasteiger partial charge in [-0.1, -0.05) is 44.2 Å². The smallest absolute Gasteiger partial charge is 0.191 e. The molecule has 158 valence electrons. The lowest BCUT2D eigenvalue weighted by Gasteiger charge is -2.54. The molecule has 2 fully saturated rings. The Hall–Kier alpha value is -0.860. The Kier molecular flexibility index (Phi) is 9.02. The first kappa shape index (κ1) is 23.4. The van der Waals surface area contributed by atoms with Crippen LogP contribution in [0.15, 0.2) is 35.3 Å². The number of aliphatic imine (C=N–C) groups is 1. The number of rotatable bonds is 8. The van der Waals surface area contributed by atoms with E-state index in [4.69, 9.17) is 14.5 Å². The number of ether oxygens (including phenoxy) is 2. The molecule has 1 aromatic rings. The summed E-state index contributed by atoms with van der Waals surface area (Å²) in [5, 5.41) is 7.04. The van der Waals surface area contributed by atoms with Crippen LogP contribution in [0, 0.1) is 11.3 Å². The van der Waals surface area contributed by atoms with Crippen LogP contribution in [-0.2, 0) is 9.47 Å². The highest BCUT2D eigenvalue weighted by molar-refractivity contribution is 14.0. The van der Waals surface area contributed by atoms with Crippen molar-refractivity contribution in [2.24, 2.45) is 16.3 Å². The number of halogens is 1. The molecule has 0 aromatic heterocycles. The fraction of sp³-hybridized carbons (Fsp3) is 0.682. The van der Waals surface area contributed by atoms with Crippen LogP contribution in [-0.4, -0.2) is 44.4 Å². The molecule has 28 heavy (non-hydrogen) atoms. The van der Waals surface area contributed by atoms with Gasteiger partial charge in [0.05, 0.1) is 12.2 Å². The van der Waals surface area contributed by atoms with E-state index >= 15 is 0 Å². The average molecular weight is 501 g/mol. The molecule has 1 saturated heterocycles. The van der Waals surface area contributed by atoms with Crippen LogP contribution >= 0.6 is 24.0 Å². The summed E-state index contributed by atoms with van der Waals surface area (Å²) in [5.74, 6) is 1.52. The minimum Gasteiger partial charge on any atom is -0.377 e. The first-order valence-electron chi connectivity index (χ1n) is 10.4. The summed E-state index contributed by atoms with van der Waals surface area (Å²) in [4.78, 5) is 4.76. The van der Waals surface area contributed by atoms with Crippen molar-refractivity contribution in [2.45, 2.75) is 58.8 Å². The Labute approximate surface area is 187 Å². The van der Waals surface area contributed by atoms with Gasteiger partial charge in [0.1, 0.15) is 0 Å². The van der Waals surface area contributed by atoms with Crippen molar-refractivity contribution in [1.82, 2.24) is 10.6 Å². The zero-order valence-electron chi connectivity index (χ0n) is 17.6. The summed E-state index contributed by atoms with van der Waals surface area (Å²) < 4.78 is 11.8. The topological polar surface area (TPSA) is 54.9 Å². The van der Waals surface area contributed by atoms with Crippen molar-refractivity contribution in [2.75, 3.05) is 26.3 Å². The van der Waals surface area contributed by atoms with Gasteiger partial charge >= 0.3 is 0 Å². The van der Waals surface area contributed by atoms with Gasteiger partial charge in [-0.05, 0) is 32.3 Å². The summed E-state index contributed by atoms with van der Waals surface area (Å²) in [6, 6.07) is 10.8. The predicted octanol–water partition coefficient (Wildman–Crippen LogP) is 4.14. The largest absolute Gasteiger partial charge is 0.377 e. The fourth-order valence-electron chi connectivity index (χ4n) is 4.42. The average Bonchev–Trinajstić information content (AvgIpc) is 3.13. The zero-order valence-corrected chi connectivity index (χ0v) is 19.9. The Morgan fingerprint density at radius 1 is 1.32 bits per heavy atom. The lowest BCUT2D eigenvalue weighted by molar-refractivity contribution is -0.106. The maximum absolute atomic E-state index is 5.95. The second-order valence-corrected chi connectivity index (χ2v) is 8.23. The third kappa shape index (κ3) is 5.39. The number of fused-ring (bicyclic) bond motifs is 1. The predicted molar refractivity (Wildman–Crippen MR) is 125 cm³/mol. The van der Waals surface area contributed by atoms with E-state index in [9.17, 15) is 0 Å². The minimum atomic E-state index is 0. The Balaban J connectivity index is 0.00000280. The molecule has 5 nitrogen and oxygen atoms in total. The molecular weight excluding hydrogens is 465 g/mol. The SMILES string of the molecule is CCNC(=NCCCOC(C)c1ccccc1)NC1C2CCOC2C1(C)C.I. The van der Waals surface area contributed by atoms with E-state index in [2.05, 4.69) is 62.6 Å². The van der Waals surface area contributed by atoms with Crippen molar-refractivity contribution in [1.29, 1.82) is 0 Å². The molecular formula is C22H36IN3O2. The second-order valence-electron chi connectivity index (χ2n) is 8.23. The number of benzene rings is 1. The molecule has 4 atom stereocenters. The van der Waals surface area contributed by atoms with Crippen molar-refractivity contribution in [3.8, 4) is 0 Å². The molecule has 0 amide bonds. The molecule has 1 aliphatic carbocycles. The van der Waals surface area contributed by atoms with Crippen molar-refractivity contribution >= 4 is 29.9 Å². The summed E-state index contributed by atoms with van der Waals surface area (Å²) in [6.07, 6.45) is 2.58. The fourth-order valence-corrected chi connectivity index (χ4v) is 4.42. The first-order chi connectivity index (χ1) is 13.0. The zero-order chi connectivity index (χ0) is 19.3. The van der Waals surface area contributed by atoms with Crippen molar-refractivity contribution in [3.63, 3.8) is 0 Å². The highest BCUT2D eigenvalue weighted by Crippen LogP contribution is 2.52.